The molecule has 0 aromatic heterocycles. The van der Waals surface area contributed by atoms with Crippen LogP contribution in [0.5, 0.6) is 0 Å². The topological polar surface area (TPSA) is 104 Å². The molecule has 1 atom stereocenters. The lowest BCUT2D eigenvalue weighted by Crippen LogP contribution is -2.49. The molecule has 1 heterocycles. The van der Waals surface area contributed by atoms with Gasteiger partial charge in [-0.1, -0.05) is 24.1 Å². The molecule has 3 rings (SSSR count). The Morgan fingerprint density at radius 3 is 2.21 bits per heavy atom. The van der Waals surface area contributed by atoms with Crippen molar-refractivity contribution in [2.75, 3.05) is 26.0 Å². The SMILES string of the molecule is Cc1ccc(S(=O)(=O)N2CCCCC2C(=O)Nc2cc(S(=O)(=O)N(C)C)cc(C)c2C)cc1. The van der Waals surface area contributed by atoms with E-state index in [1.165, 1.54) is 24.5 Å². The number of hydrogen-bond donors (Lipinski definition) is 1. The van der Waals surface area contributed by atoms with Crippen LogP contribution in [0.1, 0.15) is 36.0 Å². The standard InChI is InChI=1S/C23H31N3O5S2/c1-16-9-11-19(12-10-16)33(30,31)26-13-7-6-8-22(26)23(27)24-21-15-20(14-17(2)18(21)3)32(28,29)25(4)5/h9-12,14-15,22H,6-8,13H2,1-5H3,(H,24,27). The average molecular weight is 494 g/mol. The van der Waals surface area contributed by atoms with Crippen molar-refractivity contribution in [1.82, 2.24) is 8.61 Å². The first-order valence-corrected chi connectivity index (χ1v) is 13.7. The van der Waals surface area contributed by atoms with Crippen LogP contribution in [0.25, 0.3) is 0 Å². The maximum absolute atomic E-state index is 13.3. The zero-order chi connectivity index (χ0) is 24.6. The molecule has 1 unspecified atom stereocenters. The number of sulfonamides is 2. The summed E-state index contributed by atoms with van der Waals surface area (Å²) in [5.74, 6) is -0.465. The Hall–Kier alpha value is -2.27. The molecule has 0 bridgehead atoms. The summed E-state index contributed by atoms with van der Waals surface area (Å²) in [5, 5.41) is 2.81. The first-order chi connectivity index (χ1) is 15.4. The van der Waals surface area contributed by atoms with Crippen LogP contribution in [0.4, 0.5) is 5.69 Å². The van der Waals surface area contributed by atoms with Gasteiger partial charge in [-0.25, -0.2) is 21.1 Å². The highest BCUT2D eigenvalue weighted by Gasteiger charge is 2.38. The fourth-order valence-corrected chi connectivity index (χ4v) is 6.50. The molecule has 33 heavy (non-hydrogen) atoms. The summed E-state index contributed by atoms with van der Waals surface area (Å²) in [4.78, 5) is 13.5. The highest BCUT2D eigenvalue weighted by Crippen LogP contribution is 2.29. The molecular formula is C23H31N3O5S2. The van der Waals surface area contributed by atoms with E-state index >= 15 is 0 Å². The third-order valence-electron chi connectivity index (χ3n) is 6.06. The second-order valence-electron chi connectivity index (χ2n) is 8.63. The number of carbonyl (C=O) groups is 1. The highest BCUT2D eigenvalue weighted by atomic mass is 32.2. The van der Waals surface area contributed by atoms with Gasteiger partial charge in [-0.3, -0.25) is 4.79 Å². The van der Waals surface area contributed by atoms with Gasteiger partial charge in [0.1, 0.15) is 6.04 Å². The van der Waals surface area contributed by atoms with Crippen molar-refractivity contribution in [2.24, 2.45) is 0 Å². The van der Waals surface area contributed by atoms with Gasteiger partial charge in [0, 0.05) is 26.3 Å². The van der Waals surface area contributed by atoms with E-state index in [4.69, 9.17) is 0 Å². The second-order valence-corrected chi connectivity index (χ2v) is 12.7. The van der Waals surface area contributed by atoms with Crippen LogP contribution in [0.15, 0.2) is 46.2 Å². The summed E-state index contributed by atoms with van der Waals surface area (Å²) in [6, 6.07) is 8.68. The van der Waals surface area contributed by atoms with E-state index in [2.05, 4.69) is 5.32 Å². The number of aryl methyl sites for hydroxylation is 2. The van der Waals surface area contributed by atoms with Crippen molar-refractivity contribution in [1.29, 1.82) is 0 Å². The van der Waals surface area contributed by atoms with E-state index < -0.39 is 32.0 Å². The van der Waals surface area contributed by atoms with Crippen LogP contribution >= 0.6 is 0 Å². The monoisotopic (exact) mass is 493 g/mol. The van der Waals surface area contributed by atoms with Crippen LogP contribution in [0.3, 0.4) is 0 Å². The number of carbonyl (C=O) groups excluding carboxylic acids is 1. The maximum atomic E-state index is 13.3. The molecule has 1 aliphatic rings. The minimum Gasteiger partial charge on any atom is -0.324 e. The van der Waals surface area contributed by atoms with Crippen molar-refractivity contribution >= 4 is 31.6 Å². The number of nitrogens with zero attached hydrogens (tertiary/aromatic N) is 2. The number of anilines is 1. The summed E-state index contributed by atoms with van der Waals surface area (Å²) in [7, 11) is -4.67. The number of amides is 1. The van der Waals surface area contributed by atoms with Gasteiger partial charge in [-0.05, 0) is 69.0 Å². The van der Waals surface area contributed by atoms with Crippen LogP contribution in [-0.4, -0.2) is 58.0 Å². The highest BCUT2D eigenvalue weighted by molar-refractivity contribution is 7.89. The van der Waals surface area contributed by atoms with Crippen molar-refractivity contribution in [3.8, 4) is 0 Å². The summed E-state index contributed by atoms with van der Waals surface area (Å²) in [5.41, 5.74) is 2.74. The van der Waals surface area contributed by atoms with Crippen LogP contribution in [0, 0.1) is 20.8 Å². The van der Waals surface area contributed by atoms with Crippen molar-refractivity contribution in [3.05, 3.63) is 53.1 Å². The molecule has 1 N–H and O–H groups in total. The molecule has 1 fully saturated rings. The summed E-state index contributed by atoms with van der Waals surface area (Å²) >= 11 is 0. The fourth-order valence-electron chi connectivity index (χ4n) is 3.83. The molecule has 0 radical (unpaired) electrons. The normalized spacial score (nSPS) is 17.8. The zero-order valence-electron chi connectivity index (χ0n) is 19.6. The lowest BCUT2D eigenvalue weighted by Gasteiger charge is -2.33. The average Bonchev–Trinajstić information content (AvgIpc) is 2.76. The smallest absolute Gasteiger partial charge is 0.243 e. The van der Waals surface area contributed by atoms with Crippen LogP contribution in [0.2, 0.25) is 0 Å². The van der Waals surface area contributed by atoms with E-state index in [-0.39, 0.29) is 16.3 Å². The first-order valence-electron chi connectivity index (χ1n) is 10.8. The molecule has 0 saturated carbocycles. The third kappa shape index (κ3) is 5.13. The molecule has 2 aromatic carbocycles. The minimum absolute atomic E-state index is 0.0682. The zero-order valence-corrected chi connectivity index (χ0v) is 21.3. The lowest BCUT2D eigenvalue weighted by molar-refractivity contribution is -0.120. The van der Waals surface area contributed by atoms with Crippen molar-refractivity contribution in [2.45, 2.75) is 55.9 Å². The first kappa shape index (κ1) is 25.4. The van der Waals surface area contributed by atoms with E-state index in [1.54, 1.807) is 44.2 Å². The predicted molar refractivity (Wildman–Crippen MR) is 128 cm³/mol. The molecule has 0 aliphatic carbocycles. The van der Waals surface area contributed by atoms with E-state index in [9.17, 15) is 21.6 Å². The molecular weight excluding hydrogens is 462 g/mol. The number of piperidine rings is 1. The molecule has 1 saturated heterocycles. The molecule has 1 amide bonds. The van der Waals surface area contributed by atoms with E-state index in [0.717, 1.165) is 21.9 Å². The maximum Gasteiger partial charge on any atom is 0.243 e. The minimum atomic E-state index is -3.86. The van der Waals surface area contributed by atoms with Gasteiger partial charge in [0.25, 0.3) is 0 Å². The van der Waals surface area contributed by atoms with Crippen molar-refractivity contribution < 1.29 is 21.6 Å². The molecule has 180 valence electrons. The van der Waals surface area contributed by atoms with Crippen LogP contribution in [-0.2, 0) is 24.8 Å². The van der Waals surface area contributed by atoms with Gasteiger partial charge in [0.2, 0.25) is 26.0 Å². The third-order valence-corrected chi connectivity index (χ3v) is 9.78. The Kier molecular flexibility index (Phi) is 7.33. The number of hydrogen-bond acceptors (Lipinski definition) is 5. The van der Waals surface area contributed by atoms with Gasteiger partial charge in [0.15, 0.2) is 0 Å². The number of nitrogens with one attached hydrogen (secondary N) is 1. The molecule has 0 spiro atoms. The molecule has 1 aliphatic heterocycles. The largest absolute Gasteiger partial charge is 0.324 e. The Morgan fingerprint density at radius 2 is 1.61 bits per heavy atom. The quantitative estimate of drug-likeness (QED) is 0.666. The summed E-state index contributed by atoms with van der Waals surface area (Å²) in [6.07, 6.45) is 1.79. The van der Waals surface area contributed by atoms with Gasteiger partial charge in [0.05, 0.1) is 9.79 Å². The summed E-state index contributed by atoms with van der Waals surface area (Å²) in [6.45, 7) is 5.69. The lowest BCUT2D eigenvalue weighted by atomic mass is 10.0. The number of rotatable bonds is 6. The second kappa shape index (κ2) is 9.54. The Morgan fingerprint density at radius 1 is 0.970 bits per heavy atom. The van der Waals surface area contributed by atoms with Gasteiger partial charge >= 0.3 is 0 Å². The van der Waals surface area contributed by atoms with E-state index in [0.29, 0.717) is 24.1 Å². The molecule has 10 heteroatoms. The van der Waals surface area contributed by atoms with Gasteiger partial charge < -0.3 is 5.32 Å². The number of benzene rings is 2. The van der Waals surface area contributed by atoms with Gasteiger partial charge in [-0.2, -0.15) is 4.31 Å². The van der Waals surface area contributed by atoms with Crippen LogP contribution < -0.4 is 5.32 Å². The predicted octanol–water partition coefficient (Wildman–Crippen LogP) is 3.04. The Labute approximate surface area is 196 Å². The molecule has 2 aromatic rings. The van der Waals surface area contributed by atoms with Crippen molar-refractivity contribution in [3.63, 3.8) is 0 Å². The Balaban J connectivity index is 1.94. The van der Waals surface area contributed by atoms with E-state index in [1.807, 2.05) is 6.92 Å². The fraction of sp³-hybridized carbons (Fsp3) is 0.435. The summed E-state index contributed by atoms with van der Waals surface area (Å²) < 4.78 is 54.2. The van der Waals surface area contributed by atoms with Gasteiger partial charge in [-0.15, -0.1) is 0 Å². The molecule has 8 nitrogen and oxygen atoms in total. The Bertz CT molecular complexity index is 1250.